The van der Waals surface area contributed by atoms with Crippen molar-refractivity contribution in [3.8, 4) is 0 Å². The number of aliphatic hydroxyl groups excluding tert-OH is 2. The molecule has 0 radical (unpaired) electrons. The maximum Gasteiger partial charge on any atom is 0.305 e. The lowest BCUT2D eigenvalue weighted by Crippen LogP contribution is -2.00. The molecule has 0 spiro atoms. The Morgan fingerprint density at radius 3 is 2.21 bits per heavy atom. The summed E-state index contributed by atoms with van der Waals surface area (Å²) in [5.74, 6) is -0.0255. The first-order valence-electron chi connectivity index (χ1n) is 4.68. The summed E-state index contributed by atoms with van der Waals surface area (Å²) in [5.41, 5.74) is 0. The summed E-state index contributed by atoms with van der Waals surface area (Å²) in [4.78, 5) is 10.5. The third-order valence-electron chi connectivity index (χ3n) is 1.39. The van der Waals surface area contributed by atoms with Crippen LogP contribution in [0.3, 0.4) is 0 Å². The van der Waals surface area contributed by atoms with E-state index in [1.165, 1.54) is 0 Å². The van der Waals surface area contributed by atoms with Crippen LogP contribution < -0.4 is 0 Å². The Bertz CT molecular complexity index is 113. The van der Waals surface area contributed by atoms with E-state index in [2.05, 4.69) is 13.2 Å². The molecular weight excluding hydrogens is 184 g/mol. The molecule has 1 saturated heterocycles. The molecule has 4 heteroatoms. The zero-order valence-electron chi connectivity index (χ0n) is 8.57. The van der Waals surface area contributed by atoms with Crippen molar-refractivity contribution in [2.75, 3.05) is 19.8 Å². The van der Waals surface area contributed by atoms with Crippen molar-refractivity contribution < 1.29 is 19.7 Å². The predicted molar refractivity (Wildman–Crippen MR) is 54.9 cm³/mol. The number of ether oxygens (including phenoxy) is 1. The molecule has 0 amide bonds. The topological polar surface area (TPSA) is 66.8 Å². The first-order chi connectivity index (χ1) is 6.81. The maximum absolute atomic E-state index is 10.5. The summed E-state index contributed by atoms with van der Waals surface area (Å²) >= 11 is 0. The largest absolute Gasteiger partial charge is 0.466 e. The van der Waals surface area contributed by atoms with E-state index >= 15 is 0 Å². The van der Waals surface area contributed by atoms with E-state index in [1.54, 1.807) is 0 Å². The average molecular weight is 204 g/mol. The van der Waals surface area contributed by atoms with Gasteiger partial charge < -0.3 is 14.9 Å². The zero-order chi connectivity index (χ0) is 11.2. The second kappa shape index (κ2) is 14.6. The van der Waals surface area contributed by atoms with Crippen LogP contribution in [0.25, 0.3) is 0 Å². The highest BCUT2D eigenvalue weighted by Crippen LogP contribution is 2.06. The normalized spacial score (nSPS) is 14.9. The fraction of sp³-hybridized carbons (Fsp3) is 0.700. The highest BCUT2D eigenvalue weighted by atomic mass is 16.5. The molecule has 1 rings (SSSR count). The molecule has 0 aromatic rings. The standard InChI is InChI=1S/C6H10O2.C2H6O2.C2H4/c7-6-4-2-1-3-5-8-6;3-1-2-4;1-2/h1-5H2;3-4H,1-2H2;1-2H2. The van der Waals surface area contributed by atoms with E-state index in [1.807, 2.05) is 0 Å². The zero-order valence-corrected chi connectivity index (χ0v) is 8.57. The van der Waals surface area contributed by atoms with E-state index in [-0.39, 0.29) is 19.2 Å². The Balaban J connectivity index is 0. The van der Waals surface area contributed by atoms with Crippen LogP contribution in [0.1, 0.15) is 25.7 Å². The minimum Gasteiger partial charge on any atom is -0.466 e. The van der Waals surface area contributed by atoms with Crippen molar-refractivity contribution >= 4 is 5.97 Å². The van der Waals surface area contributed by atoms with Gasteiger partial charge >= 0.3 is 5.97 Å². The molecule has 1 fully saturated rings. The van der Waals surface area contributed by atoms with Gasteiger partial charge in [0.05, 0.1) is 19.8 Å². The summed E-state index contributed by atoms with van der Waals surface area (Å²) in [6, 6.07) is 0. The van der Waals surface area contributed by atoms with Crippen molar-refractivity contribution in [2.24, 2.45) is 0 Å². The smallest absolute Gasteiger partial charge is 0.305 e. The van der Waals surface area contributed by atoms with Crippen LogP contribution >= 0.6 is 0 Å². The quantitative estimate of drug-likeness (QED) is 0.491. The van der Waals surface area contributed by atoms with E-state index < -0.39 is 0 Å². The monoisotopic (exact) mass is 204 g/mol. The van der Waals surface area contributed by atoms with Crippen LogP contribution in [0.15, 0.2) is 13.2 Å². The minimum absolute atomic E-state index is 0.0255. The number of rotatable bonds is 1. The number of aliphatic hydroxyl groups is 2. The molecule has 1 aliphatic heterocycles. The highest BCUT2D eigenvalue weighted by molar-refractivity contribution is 5.69. The molecule has 0 bridgehead atoms. The number of carbonyl (C=O) groups excluding carboxylic acids is 1. The van der Waals surface area contributed by atoms with Crippen LogP contribution in [0.4, 0.5) is 0 Å². The van der Waals surface area contributed by atoms with Crippen molar-refractivity contribution in [3.63, 3.8) is 0 Å². The lowest BCUT2D eigenvalue weighted by atomic mass is 10.2. The summed E-state index contributed by atoms with van der Waals surface area (Å²) in [6.07, 6.45) is 3.83. The van der Waals surface area contributed by atoms with Crippen molar-refractivity contribution in [1.82, 2.24) is 0 Å². The molecule has 14 heavy (non-hydrogen) atoms. The van der Waals surface area contributed by atoms with Gasteiger partial charge in [0.2, 0.25) is 0 Å². The van der Waals surface area contributed by atoms with E-state index in [0.717, 1.165) is 19.3 Å². The third kappa shape index (κ3) is 13.7. The number of esters is 1. The van der Waals surface area contributed by atoms with Gasteiger partial charge in [-0.15, -0.1) is 13.2 Å². The molecular formula is C10H20O4. The second-order valence-electron chi connectivity index (χ2n) is 2.48. The van der Waals surface area contributed by atoms with Crippen LogP contribution in [-0.4, -0.2) is 36.0 Å². The molecule has 0 unspecified atom stereocenters. The van der Waals surface area contributed by atoms with Crippen LogP contribution in [0, 0.1) is 0 Å². The first-order valence-corrected chi connectivity index (χ1v) is 4.68. The molecule has 0 aromatic heterocycles. The fourth-order valence-electron chi connectivity index (χ4n) is 0.806. The van der Waals surface area contributed by atoms with Gasteiger partial charge in [-0.3, -0.25) is 4.79 Å². The molecule has 84 valence electrons. The number of hydrogen-bond donors (Lipinski definition) is 2. The van der Waals surface area contributed by atoms with Gasteiger partial charge in [-0.2, -0.15) is 0 Å². The Labute approximate surface area is 85.2 Å². The Hall–Kier alpha value is -0.870. The molecule has 2 N–H and O–H groups in total. The SMILES string of the molecule is C=C.O=C1CCCCCO1.OCCO. The molecule has 1 heterocycles. The van der Waals surface area contributed by atoms with Gasteiger partial charge in [0.15, 0.2) is 0 Å². The van der Waals surface area contributed by atoms with Crippen LogP contribution in [0.5, 0.6) is 0 Å². The van der Waals surface area contributed by atoms with E-state index in [9.17, 15) is 4.79 Å². The van der Waals surface area contributed by atoms with Crippen LogP contribution in [0.2, 0.25) is 0 Å². The van der Waals surface area contributed by atoms with Crippen molar-refractivity contribution in [1.29, 1.82) is 0 Å². The van der Waals surface area contributed by atoms with Crippen LogP contribution in [-0.2, 0) is 9.53 Å². The van der Waals surface area contributed by atoms with Gasteiger partial charge in [-0.25, -0.2) is 0 Å². The average Bonchev–Trinajstić information content (AvgIpc) is 2.49. The highest BCUT2D eigenvalue weighted by Gasteiger charge is 2.05. The van der Waals surface area contributed by atoms with Gasteiger partial charge in [0.1, 0.15) is 0 Å². The predicted octanol–water partition coefficient (Wildman–Crippen LogP) is 0.877. The number of hydrogen-bond acceptors (Lipinski definition) is 4. The van der Waals surface area contributed by atoms with E-state index in [4.69, 9.17) is 14.9 Å². The summed E-state index contributed by atoms with van der Waals surface area (Å²) in [6.45, 7) is 6.39. The first kappa shape index (κ1) is 15.6. The fourth-order valence-corrected chi connectivity index (χ4v) is 0.806. The summed E-state index contributed by atoms with van der Waals surface area (Å²) < 4.78 is 4.76. The number of cyclic esters (lactones) is 1. The Morgan fingerprint density at radius 1 is 1.14 bits per heavy atom. The third-order valence-corrected chi connectivity index (χ3v) is 1.39. The second-order valence-corrected chi connectivity index (χ2v) is 2.48. The lowest BCUT2D eigenvalue weighted by Gasteiger charge is -1.93. The molecule has 0 saturated carbocycles. The summed E-state index contributed by atoms with van der Waals surface area (Å²) in [5, 5.41) is 15.2. The minimum atomic E-state index is -0.125. The van der Waals surface area contributed by atoms with Gasteiger partial charge in [-0.05, 0) is 19.3 Å². The molecule has 1 aliphatic rings. The van der Waals surface area contributed by atoms with Gasteiger partial charge in [0.25, 0.3) is 0 Å². The summed E-state index contributed by atoms with van der Waals surface area (Å²) in [7, 11) is 0. The van der Waals surface area contributed by atoms with Gasteiger partial charge in [0, 0.05) is 6.42 Å². The Morgan fingerprint density at radius 2 is 1.71 bits per heavy atom. The van der Waals surface area contributed by atoms with Crippen molar-refractivity contribution in [3.05, 3.63) is 13.2 Å². The van der Waals surface area contributed by atoms with E-state index in [0.29, 0.717) is 13.0 Å². The number of carbonyl (C=O) groups is 1. The molecule has 0 aromatic carbocycles. The maximum atomic E-state index is 10.5. The Kier molecular flexibility index (Phi) is 16.3. The van der Waals surface area contributed by atoms with Crippen molar-refractivity contribution in [2.45, 2.75) is 25.7 Å². The van der Waals surface area contributed by atoms with Gasteiger partial charge in [-0.1, -0.05) is 0 Å². The molecule has 0 aliphatic carbocycles. The molecule has 0 atom stereocenters. The molecule has 4 nitrogen and oxygen atoms in total. The lowest BCUT2D eigenvalue weighted by molar-refractivity contribution is -0.142.